The van der Waals surface area contributed by atoms with Crippen molar-refractivity contribution in [2.75, 3.05) is 10.6 Å². The van der Waals surface area contributed by atoms with Gasteiger partial charge in [-0.1, -0.05) is 13.3 Å². The van der Waals surface area contributed by atoms with Gasteiger partial charge in [0.25, 0.3) is 0 Å². The van der Waals surface area contributed by atoms with Crippen molar-refractivity contribution in [1.82, 2.24) is 4.98 Å². The predicted octanol–water partition coefficient (Wildman–Crippen LogP) is 2.60. The standard InChI is InChI=1S/C13H21N3O/c1-4-5-6-13(17)16(10(2)3)12-8-7-11(14)9-15-12/h7-10H,4-6,14H2,1-3H3. The summed E-state index contributed by atoms with van der Waals surface area (Å²) in [4.78, 5) is 18.0. The highest BCUT2D eigenvalue weighted by atomic mass is 16.2. The molecule has 0 saturated carbocycles. The summed E-state index contributed by atoms with van der Waals surface area (Å²) < 4.78 is 0. The Balaban J connectivity index is 2.85. The van der Waals surface area contributed by atoms with Crippen molar-refractivity contribution in [3.8, 4) is 0 Å². The first kappa shape index (κ1) is 13.5. The Hall–Kier alpha value is -1.58. The Bertz CT molecular complexity index is 359. The van der Waals surface area contributed by atoms with Crippen LogP contribution in [0.4, 0.5) is 11.5 Å². The molecule has 0 aliphatic rings. The van der Waals surface area contributed by atoms with E-state index in [0.717, 1.165) is 12.8 Å². The molecule has 0 fully saturated rings. The molecule has 4 heteroatoms. The van der Waals surface area contributed by atoms with Crippen LogP contribution in [0.1, 0.15) is 40.0 Å². The molecule has 0 bridgehead atoms. The summed E-state index contributed by atoms with van der Waals surface area (Å²) in [5.41, 5.74) is 6.20. The maximum absolute atomic E-state index is 12.1. The Kier molecular flexibility index (Phi) is 4.94. The number of nitrogens with zero attached hydrogens (tertiary/aromatic N) is 2. The zero-order valence-corrected chi connectivity index (χ0v) is 10.8. The second-order valence-corrected chi connectivity index (χ2v) is 4.41. The van der Waals surface area contributed by atoms with E-state index in [0.29, 0.717) is 17.9 Å². The van der Waals surface area contributed by atoms with Crippen molar-refractivity contribution in [3.05, 3.63) is 18.3 Å². The zero-order chi connectivity index (χ0) is 12.8. The number of hydrogen-bond donors (Lipinski definition) is 1. The van der Waals surface area contributed by atoms with Gasteiger partial charge in [-0.2, -0.15) is 0 Å². The molecule has 17 heavy (non-hydrogen) atoms. The molecule has 0 unspecified atom stereocenters. The van der Waals surface area contributed by atoms with E-state index in [1.165, 1.54) is 0 Å². The van der Waals surface area contributed by atoms with Gasteiger partial charge in [-0.3, -0.25) is 9.69 Å². The maximum Gasteiger partial charge on any atom is 0.228 e. The number of amides is 1. The van der Waals surface area contributed by atoms with Gasteiger partial charge in [-0.15, -0.1) is 0 Å². The van der Waals surface area contributed by atoms with Gasteiger partial charge in [0.1, 0.15) is 5.82 Å². The molecule has 0 atom stereocenters. The second-order valence-electron chi connectivity index (χ2n) is 4.41. The number of carbonyl (C=O) groups excluding carboxylic acids is 1. The van der Waals surface area contributed by atoms with E-state index in [-0.39, 0.29) is 11.9 Å². The number of anilines is 2. The molecule has 1 rings (SSSR count). The number of pyridine rings is 1. The van der Waals surface area contributed by atoms with Gasteiger partial charge in [0.05, 0.1) is 11.9 Å². The third kappa shape index (κ3) is 3.73. The minimum Gasteiger partial charge on any atom is -0.397 e. The topological polar surface area (TPSA) is 59.2 Å². The third-order valence-corrected chi connectivity index (χ3v) is 2.55. The molecule has 0 spiro atoms. The molecule has 0 aromatic carbocycles. The van der Waals surface area contributed by atoms with Crippen molar-refractivity contribution >= 4 is 17.4 Å². The number of hydrogen-bond acceptors (Lipinski definition) is 3. The Morgan fingerprint density at radius 2 is 2.18 bits per heavy atom. The summed E-state index contributed by atoms with van der Waals surface area (Å²) in [6.07, 6.45) is 4.09. The van der Waals surface area contributed by atoms with Gasteiger partial charge >= 0.3 is 0 Å². The first-order valence-corrected chi connectivity index (χ1v) is 6.09. The highest BCUT2D eigenvalue weighted by Gasteiger charge is 2.19. The van der Waals surface area contributed by atoms with Crippen LogP contribution in [0, 0.1) is 0 Å². The quantitative estimate of drug-likeness (QED) is 0.853. The largest absolute Gasteiger partial charge is 0.397 e. The van der Waals surface area contributed by atoms with Gasteiger partial charge in [-0.25, -0.2) is 4.98 Å². The summed E-state index contributed by atoms with van der Waals surface area (Å²) in [6, 6.07) is 3.67. The first-order valence-electron chi connectivity index (χ1n) is 6.09. The highest BCUT2D eigenvalue weighted by Crippen LogP contribution is 2.17. The zero-order valence-electron chi connectivity index (χ0n) is 10.8. The fourth-order valence-electron chi connectivity index (χ4n) is 1.67. The molecule has 1 aromatic heterocycles. The summed E-state index contributed by atoms with van der Waals surface area (Å²) in [5.74, 6) is 0.800. The van der Waals surface area contributed by atoms with E-state index in [2.05, 4.69) is 11.9 Å². The number of carbonyl (C=O) groups is 1. The lowest BCUT2D eigenvalue weighted by Crippen LogP contribution is -2.37. The van der Waals surface area contributed by atoms with Crippen LogP contribution in [0.3, 0.4) is 0 Å². The summed E-state index contributed by atoms with van der Waals surface area (Å²) in [6.45, 7) is 6.05. The summed E-state index contributed by atoms with van der Waals surface area (Å²) in [5, 5.41) is 0. The van der Waals surface area contributed by atoms with Crippen molar-refractivity contribution in [2.24, 2.45) is 0 Å². The van der Waals surface area contributed by atoms with E-state index >= 15 is 0 Å². The Morgan fingerprint density at radius 1 is 1.47 bits per heavy atom. The van der Waals surface area contributed by atoms with Crippen LogP contribution >= 0.6 is 0 Å². The number of aromatic nitrogens is 1. The molecule has 0 radical (unpaired) electrons. The minimum atomic E-state index is 0.107. The van der Waals surface area contributed by atoms with Gasteiger partial charge in [0, 0.05) is 12.5 Å². The molecule has 0 aliphatic carbocycles. The van der Waals surface area contributed by atoms with Crippen LogP contribution < -0.4 is 10.6 Å². The van der Waals surface area contributed by atoms with Crippen LogP contribution in [0.25, 0.3) is 0 Å². The average Bonchev–Trinajstić information content (AvgIpc) is 2.29. The molecule has 94 valence electrons. The van der Waals surface area contributed by atoms with E-state index in [1.54, 1.807) is 23.2 Å². The first-order chi connectivity index (χ1) is 8.06. The minimum absolute atomic E-state index is 0.107. The van der Waals surface area contributed by atoms with Crippen molar-refractivity contribution in [2.45, 2.75) is 46.1 Å². The van der Waals surface area contributed by atoms with E-state index in [9.17, 15) is 4.79 Å². The number of nitrogen functional groups attached to an aromatic ring is 1. The molecule has 4 nitrogen and oxygen atoms in total. The second kappa shape index (κ2) is 6.23. The van der Waals surface area contributed by atoms with Crippen LogP contribution in [0.2, 0.25) is 0 Å². The number of rotatable bonds is 5. The smallest absolute Gasteiger partial charge is 0.228 e. The van der Waals surface area contributed by atoms with Crippen molar-refractivity contribution in [3.63, 3.8) is 0 Å². The molecular formula is C13H21N3O. The number of nitrogens with two attached hydrogens (primary N) is 1. The van der Waals surface area contributed by atoms with Gasteiger partial charge < -0.3 is 5.73 Å². The Labute approximate surface area is 103 Å². The van der Waals surface area contributed by atoms with Crippen LogP contribution in [-0.2, 0) is 4.79 Å². The molecule has 2 N–H and O–H groups in total. The van der Waals surface area contributed by atoms with Crippen LogP contribution in [-0.4, -0.2) is 16.9 Å². The Morgan fingerprint density at radius 3 is 2.65 bits per heavy atom. The van der Waals surface area contributed by atoms with Crippen molar-refractivity contribution < 1.29 is 4.79 Å². The highest BCUT2D eigenvalue weighted by molar-refractivity contribution is 5.92. The molecule has 0 aliphatic heterocycles. The predicted molar refractivity (Wildman–Crippen MR) is 70.8 cm³/mol. The normalized spacial score (nSPS) is 10.6. The SMILES string of the molecule is CCCCC(=O)N(c1ccc(N)cn1)C(C)C. The lowest BCUT2D eigenvalue weighted by Gasteiger charge is -2.25. The number of unbranched alkanes of at least 4 members (excludes halogenated alkanes) is 1. The lowest BCUT2D eigenvalue weighted by molar-refractivity contribution is -0.119. The lowest BCUT2D eigenvalue weighted by atomic mass is 10.2. The summed E-state index contributed by atoms with van der Waals surface area (Å²) in [7, 11) is 0. The molecule has 1 heterocycles. The molecule has 1 aromatic rings. The fraction of sp³-hybridized carbons (Fsp3) is 0.538. The van der Waals surface area contributed by atoms with Gasteiger partial charge in [0.15, 0.2) is 0 Å². The molecular weight excluding hydrogens is 214 g/mol. The van der Waals surface area contributed by atoms with E-state index in [4.69, 9.17) is 5.73 Å². The average molecular weight is 235 g/mol. The third-order valence-electron chi connectivity index (χ3n) is 2.55. The maximum atomic E-state index is 12.1. The van der Waals surface area contributed by atoms with Crippen LogP contribution in [0.15, 0.2) is 18.3 Å². The molecule has 1 amide bonds. The van der Waals surface area contributed by atoms with Crippen molar-refractivity contribution in [1.29, 1.82) is 0 Å². The van der Waals surface area contributed by atoms with Crippen LogP contribution in [0.5, 0.6) is 0 Å². The van der Waals surface area contributed by atoms with E-state index in [1.807, 2.05) is 13.8 Å². The van der Waals surface area contributed by atoms with Gasteiger partial charge in [-0.05, 0) is 32.4 Å². The molecule has 0 saturated heterocycles. The van der Waals surface area contributed by atoms with Gasteiger partial charge in [0.2, 0.25) is 5.91 Å². The van der Waals surface area contributed by atoms with E-state index < -0.39 is 0 Å². The summed E-state index contributed by atoms with van der Waals surface area (Å²) >= 11 is 0. The fourth-order valence-corrected chi connectivity index (χ4v) is 1.67. The monoisotopic (exact) mass is 235 g/mol.